The Bertz CT molecular complexity index is 1580. The molecule has 5 rings (SSSR count). The standard InChI is InChI=1S/C29H32ClF2N7O2/c1-39(2,3)12-10-33-18-13-19(14-18)37-29(40)20-6-5-17(15-22(20)30)36-27-28-35-16-23(38(28)11-9-34-27)21-7-8-24(41-4)26(32)25(21)31/h5-9,11,15-16,18-19,33H,10,12-14H2,1-4H3,(H-,34,36,37,40)/p+1/t18-,19+. The van der Waals surface area contributed by atoms with E-state index in [9.17, 15) is 13.6 Å². The average molecular weight is 585 g/mol. The molecule has 1 saturated carbocycles. The van der Waals surface area contributed by atoms with Gasteiger partial charge in [-0.15, -0.1) is 0 Å². The molecule has 1 amide bonds. The number of hydrogen-bond donors (Lipinski definition) is 3. The number of rotatable bonds is 10. The van der Waals surface area contributed by atoms with Crippen molar-refractivity contribution >= 4 is 34.7 Å². The van der Waals surface area contributed by atoms with Crippen molar-refractivity contribution in [2.75, 3.05) is 46.7 Å². The van der Waals surface area contributed by atoms with Crippen molar-refractivity contribution in [2.45, 2.75) is 24.9 Å². The van der Waals surface area contributed by atoms with Crippen molar-refractivity contribution in [3.05, 3.63) is 71.1 Å². The molecule has 216 valence electrons. The second-order valence-corrected chi connectivity index (χ2v) is 11.6. The number of amides is 1. The molecule has 12 heteroatoms. The second-order valence-electron chi connectivity index (χ2n) is 11.2. The van der Waals surface area contributed by atoms with E-state index in [1.165, 1.54) is 31.6 Å². The molecule has 0 unspecified atom stereocenters. The first-order valence-corrected chi connectivity index (χ1v) is 13.7. The molecule has 0 saturated heterocycles. The Morgan fingerprint density at radius 1 is 1.12 bits per heavy atom. The lowest BCUT2D eigenvalue weighted by atomic mass is 9.86. The summed E-state index contributed by atoms with van der Waals surface area (Å²) < 4.78 is 36.5. The normalized spacial score (nSPS) is 16.9. The van der Waals surface area contributed by atoms with Crippen molar-refractivity contribution in [2.24, 2.45) is 0 Å². The lowest BCUT2D eigenvalue weighted by Gasteiger charge is -2.37. The van der Waals surface area contributed by atoms with Gasteiger partial charge in [-0.1, -0.05) is 11.6 Å². The first kappa shape index (κ1) is 28.7. The maximum absolute atomic E-state index is 14.8. The summed E-state index contributed by atoms with van der Waals surface area (Å²) in [6.07, 6.45) is 6.33. The Hall–Kier alpha value is -3.80. The number of nitrogens with one attached hydrogen (secondary N) is 3. The van der Waals surface area contributed by atoms with Gasteiger partial charge in [0.15, 0.2) is 23.0 Å². The number of imidazole rings is 1. The van der Waals surface area contributed by atoms with Gasteiger partial charge < -0.3 is 25.2 Å². The third-order valence-corrected chi connectivity index (χ3v) is 7.45. The quantitative estimate of drug-likeness (QED) is 0.235. The van der Waals surface area contributed by atoms with Crippen LogP contribution in [0.15, 0.2) is 48.9 Å². The molecule has 2 aromatic carbocycles. The summed E-state index contributed by atoms with van der Waals surface area (Å²) in [6, 6.07) is 8.34. The maximum atomic E-state index is 14.8. The van der Waals surface area contributed by atoms with Gasteiger partial charge in [-0.2, -0.15) is 4.39 Å². The zero-order chi connectivity index (χ0) is 29.3. The lowest BCUT2D eigenvalue weighted by Crippen LogP contribution is -2.54. The average Bonchev–Trinajstić information content (AvgIpc) is 3.33. The molecule has 0 bridgehead atoms. The van der Waals surface area contributed by atoms with Crippen LogP contribution in [0.25, 0.3) is 16.9 Å². The minimum atomic E-state index is -1.07. The zero-order valence-corrected chi connectivity index (χ0v) is 24.1. The third-order valence-electron chi connectivity index (χ3n) is 7.14. The number of likely N-dealkylation sites (N-methyl/N-ethyl adjacent to an activating group) is 1. The van der Waals surface area contributed by atoms with Gasteiger partial charge in [-0.05, 0) is 43.2 Å². The second kappa shape index (κ2) is 11.6. The van der Waals surface area contributed by atoms with Crippen LogP contribution in [-0.4, -0.2) is 78.2 Å². The number of anilines is 2. The number of quaternary nitrogens is 1. The van der Waals surface area contributed by atoms with Crippen molar-refractivity contribution in [1.29, 1.82) is 0 Å². The molecule has 0 aliphatic heterocycles. The summed E-state index contributed by atoms with van der Waals surface area (Å²) in [5, 5.41) is 10.0. The Labute approximate surface area is 242 Å². The van der Waals surface area contributed by atoms with E-state index < -0.39 is 11.6 Å². The van der Waals surface area contributed by atoms with E-state index >= 15 is 0 Å². The Balaban J connectivity index is 1.25. The van der Waals surface area contributed by atoms with Gasteiger partial charge in [0.25, 0.3) is 5.91 Å². The SMILES string of the molecule is COc1ccc(-c2cnc3c(Nc4ccc(C(=O)N[C@H]5C[C@@H](NCC[N+](C)(C)C)C5)c(Cl)c4)nccn23)c(F)c1F. The van der Waals surface area contributed by atoms with E-state index in [2.05, 4.69) is 47.1 Å². The number of fused-ring (bicyclic) bond motifs is 1. The fraction of sp³-hybridized carbons (Fsp3) is 0.345. The van der Waals surface area contributed by atoms with Crippen LogP contribution in [-0.2, 0) is 0 Å². The smallest absolute Gasteiger partial charge is 0.253 e. The van der Waals surface area contributed by atoms with Crippen molar-refractivity contribution in [3.8, 4) is 17.0 Å². The van der Waals surface area contributed by atoms with Crippen molar-refractivity contribution < 1.29 is 22.8 Å². The highest BCUT2D eigenvalue weighted by Crippen LogP contribution is 2.32. The van der Waals surface area contributed by atoms with Crippen LogP contribution in [0.4, 0.5) is 20.3 Å². The number of hydrogen-bond acceptors (Lipinski definition) is 6. The van der Waals surface area contributed by atoms with Gasteiger partial charge in [0.1, 0.15) is 0 Å². The summed E-state index contributed by atoms with van der Waals surface area (Å²) in [7, 11) is 7.76. The highest BCUT2D eigenvalue weighted by Gasteiger charge is 2.30. The van der Waals surface area contributed by atoms with Crippen LogP contribution in [0.2, 0.25) is 5.02 Å². The van der Waals surface area contributed by atoms with Gasteiger partial charge >= 0.3 is 0 Å². The van der Waals surface area contributed by atoms with E-state index in [1.54, 1.807) is 28.8 Å². The van der Waals surface area contributed by atoms with Crippen LogP contribution >= 0.6 is 11.6 Å². The molecule has 2 heterocycles. The summed E-state index contributed by atoms with van der Waals surface area (Å²) in [6.45, 7) is 1.98. The number of ether oxygens (including phenoxy) is 1. The van der Waals surface area contributed by atoms with Crippen LogP contribution in [0, 0.1) is 11.6 Å². The monoisotopic (exact) mass is 584 g/mol. The minimum Gasteiger partial charge on any atom is -0.494 e. The van der Waals surface area contributed by atoms with Gasteiger partial charge in [0.05, 0.1) is 57.3 Å². The van der Waals surface area contributed by atoms with Gasteiger partial charge in [-0.3, -0.25) is 9.20 Å². The summed E-state index contributed by atoms with van der Waals surface area (Å²) in [4.78, 5) is 21.6. The van der Waals surface area contributed by atoms with Gasteiger partial charge in [0.2, 0.25) is 5.82 Å². The number of carbonyl (C=O) groups is 1. The fourth-order valence-electron chi connectivity index (χ4n) is 4.78. The molecule has 1 aliphatic rings. The van der Waals surface area contributed by atoms with Crippen molar-refractivity contribution in [1.82, 2.24) is 25.0 Å². The predicted octanol–water partition coefficient (Wildman–Crippen LogP) is 4.64. The highest BCUT2D eigenvalue weighted by atomic mass is 35.5. The van der Waals surface area contributed by atoms with E-state index in [0.29, 0.717) is 34.5 Å². The van der Waals surface area contributed by atoms with E-state index in [4.69, 9.17) is 16.3 Å². The number of benzene rings is 2. The third kappa shape index (κ3) is 6.27. The van der Waals surface area contributed by atoms with Crippen LogP contribution in [0.1, 0.15) is 23.2 Å². The first-order valence-electron chi connectivity index (χ1n) is 13.3. The number of halogens is 3. The zero-order valence-electron chi connectivity index (χ0n) is 23.3. The molecule has 2 aromatic heterocycles. The topological polar surface area (TPSA) is 92.6 Å². The van der Waals surface area contributed by atoms with Crippen LogP contribution in [0.3, 0.4) is 0 Å². The number of carbonyl (C=O) groups excluding carboxylic acids is 1. The van der Waals surface area contributed by atoms with Gasteiger partial charge in [-0.25, -0.2) is 14.4 Å². The number of aromatic nitrogens is 3. The highest BCUT2D eigenvalue weighted by molar-refractivity contribution is 6.34. The molecule has 9 nitrogen and oxygen atoms in total. The predicted molar refractivity (Wildman–Crippen MR) is 155 cm³/mol. The Kier molecular flexibility index (Phi) is 8.12. The molecule has 41 heavy (non-hydrogen) atoms. The molecular formula is C29H33ClF2N7O2+. The maximum Gasteiger partial charge on any atom is 0.253 e. The molecule has 0 radical (unpaired) electrons. The molecule has 0 spiro atoms. The molecule has 3 N–H and O–H groups in total. The Morgan fingerprint density at radius 2 is 1.90 bits per heavy atom. The summed E-state index contributed by atoms with van der Waals surface area (Å²) >= 11 is 6.49. The summed E-state index contributed by atoms with van der Waals surface area (Å²) in [5.41, 5.74) is 1.74. The molecule has 4 aromatic rings. The molecular weight excluding hydrogens is 552 g/mol. The Morgan fingerprint density at radius 3 is 2.61 bits per heavy atom. The minimum absolute atomic E-state index is 0.0316. The summed E-state index contributed by atoms with van der Waals surface area (Å²) in [5.74, 6) is -2.14. The first-order chi connectivity index (χ1) is 19.5. The van der Waals surface area contributed by atoms with E-state index in [1.807, 2.05) is 0 Å². The largest absolute Gasteiger partial charge is 0.494 e. The van der Waals surface area contributed by atoms with E-state index in [-0.39, 0.29) is 28.3 Å². The van der Waals surface area contributed by atoms with Crippen LogP contribution < -0.4 is 20.7 Å². The molecule has 1 aliphatic carbocycles. The van der Waals surface area contributed by atoms with Gasteiger partial charge in [0, 0.05) is 42.3 Å². The number of nitrogens with zero attached hydrogens (tertiary/aromatic N) is 4. The molecule has 0 atom stereocenters. The van der Waals surface area contributed by atoms with Crippen molar-refractivity contribution in [3.63, 3.8) is 0 Å². The van der Waals surface area contributed by atoms with E-state index in [0.717, 1.165) is 30.4 Å². The lowest BCUT2D eigenvalue weighted by molar-refractivity contribution is -0.869. The molecule has 1 fully saturated rings. The fourth-order valence-corrected chi connectivity index (χ4v) is 5.04. The number of methoxy groups -OCH3 is 1. The van der Waals surface area contributed by atoms with Crippen LogP contribution in [0.5, 0.6) is 5.75 Å².